The summed E-state index contributed by atoms with van der Waals surface area (Å²) in [6.07, 6.45) is 1.25. The van der Waals surface area contributed by atoms with Crippen molar-refractivity contribution in [3.63, 3.8) is 0 Å². The second-order valence-electron chi connectivity index (χ2n) is 6.29. The van der Waals surface area contributed by atoms with Gasteiger partial charge in [-0.25, -0.2) is 0 Å². The molecule has 0 radical (unpaired) electrons. The van der Waals surface area contributed by atoms with Crippen LogP contribution in [0, 0.1) is 0 Å². The zero-order valence-electron chi connectivity index (χ0n) is 13.9. The molecular weight excluding hydrogens is 306 g/mol. The summed E-state index contributed by atoms with van der Waals surface area (Å²) in [5.74, 6) is 0.187. The van der Waals surface area contributed by atoms with E-state index in [1.54, 1.807) is 0 Å². The Balaban J connectivity index is 1.39. The Morgan fingerprint density at radius 1 is 1.17 bits per heavy atom. The number of hydrogen-bond donors (Lipinski definition) is 1. The summed E-state index contributed by atoms with van der Waals surface area (Å²) < 4.78 is 5.35. The fourth-order valence-corrected chi connectivity index (χ4v) is 3.35. The van der Waals surface area contributed by atoms with E-state index in [0.717, 1.165) is 31.6 Å². The molecule has 6 nitrogen and oxygen atoms in total. The van der Waals surface area contributed by atoms with Crippen LogP contribution in [0.1, 0.15) is 12.0 Å². The molecule has 0 aromatic heterocycles. The van der Waals surface area contributed by atoms with Gasteiger partial charge in [0.1, 0.15) is 0 Å². The van der Waals surface area contributed by atoms with Gasteiger partial charge in [0.2, 0.25) is 11.8 Å². The maximum absolute atomic E-state index is 12.5. The van der Waals surface area contributed by atoms with Crippen LogP contribution in [0.15, 0.2) is 30.3 Å². The minimum atomic E-state index is -0.00563. The minimum Gasteiger partial charge on any atom is -0.379 e. The molecule has 1 unspecified atom stereocenters. The number of carbonyl (C=O) groups is 2. The van der Waals surface area contributed by atoms with Gasteiger partial charge in [-0.3, -0.25) is 14.5 Å². The third-order valence-electron chi connectivity index (χ3n) is 4.67. The Labute approximate surface area is 142 Å². The molecule has 24 heavy (non-hydrogen) atoms. The molecule has 1 N–H and O–H groups in total. The van der Waals surface area contributed by atoms with Gasteiger partial charge < -0.3 is 15.0 Å². The molecule has 0 spiro atoms. The average molecular weight is 331 g/mol. The highest BCUT2D eigenvalue weighted by atomic mass is 16.5. The number of likely N-dealkylation sites (tertiary alicyclic amines) is 1. The summed E-state index contributed by atoms with van der Waals surface area (Å²) in [4.78, 5) is 28.5. The van der Waals surface area contributed by atoms with Crippen LogP contribution in [-0.4, -0.2) is 73.6 Å². The van der Waals surface area contributed by atoms with Crippen molar-refractivity contribution in [1.29, 1.82) is 0 Å². The SMILES string of the molecule is O=C(Cc1ccccc1)NCCN1CCC(N2CCOCC2)C1=O. The molecule has 0 saturated carbocycles. The van der Waals surface area contributed by atoms with Crippen LogP contribution in [0.5, 0.6) is 0 Å². The Morgan fingerprint density at radius 2 is 1.92 bits per heavy atom. The summed E-state index contributed by atoms with van der Waals surface area (Å²) in [7, 11) is 0. The predicted octanol–water partition coefficient (Wildman–Crippen LogP) is 0.278. The first-order valence-corrected chi connectivity index (χ1v) is 8.65. The van der Waals surface area contributed by atoms with Crippen molar-refractivity contribution in [3.8, 4) is 0 Å². The van der Waals surface area contributed by atoms with Gasteiger partial charge in [0.25, 0.3) is 0 Å². The van der Waals surface area contributed by atoms with Gasteiger partial charge in [-0.15, -0.1) is 0 Å². The number of hydrogen-bond acceptors (Lipinski definition) is 4. The molecule has 1 atom stereocenters. The first-order chi connectivity index (χ1) is 11.7. The van der Waals surface area contributed by atoms with Gasteiger partial charge in [0.05, 0.1) is 25.7 Å². The standard InChI is InChI=1S/C18H25N3O3/c22-17(14-15-4-2-1-3-5-15)19-7-9-21-8-6-16(18(21)23)20-10-12-24-13-11-20/h1-5,16H,6-14H2,(H,19,22). The number of nitrogens with one attached hydrogen (secondary N) is 1. The first-order valence-electron chi connectivity index (χ1n) is 8.65. The molecule has 2 saturated heterocycles. The van der Waals surface area contributed by atoms with Gasteiger partial charge in [-0.2, -0.15) is 0 Å². The van der Waals surface area contributed by atoms with E-state index in [0.29, 0.717) is 32.7 Å². The van der Waals surface area contributed by atoms with E-state index in [-0.39, 0.29) is 17.9 Å². The summed E-state index contributed by atoms with van der Waals surface area (Å²) in [5.41, 5.74) is 1.000. The minimum absolute atomic E-state index is 0.00225. The van der Waals surface area contributed by atoms with Crippen LogP contribution in [0.3, 0.4) is 0 Å². The van der Waals surface area contributed by atoms with E-state index in [4.69, 9.17) is 4.74 Å². The van der Waals surface area contributed by atoms with Crippen LogP contribution in [0.2, 0.25) is 0 Å². The van der Waals surface area contributed by atoms with Gasteiger partial charge in [0, 0.05) is 32.7 Å². The molecule has 2 fully saturated rings. The summed E-state index contributed by atoms with van der Waals surface area (Å²) in [5, 5.41) is 2.91. The molecule has 0 aliphatic carbocycles. The lowest BCUT2D eigenvalue weighted by molar-refractivity contribution is -0.133. The van der Waals surface area contributed by atoms with Crippen molar-refractivity contribution in [2.45, 2.75) is 18.9 Å². The topological polar surface area (TPSA) is 61.9 Å². The second kappa shape index (κ2) is 8.26. The molecule has 0 bridgehead atoms. The van der Waals surface area contributed by atoms with Crippen molar-refractivity contribution in [2.24, 2.45) is 0 Å². The average Bonchev–Trinajstić information content (AvgIpc) is 2.97. The van der Waals surface area contributed by atoms with E-state index in [1.807, 2.05) is 35.2 Å². The van der Waals surface area contributed by atoms with Crippen LogP contribution in [0.4, 0.5) is 0 Å². The van der Waals surface area contributed by atoms with Crippen molar-refractivity contribution < 1.29 is 14.3 Å². The van der Waals surface area contributed by atoms with Crippen molar-refractivity contribution >= 4 is 11.8 Å². The molecular formula is C18H25N3O3. The fraction of sp³-hybridized carbons (Fsp3) is 0.556. The van der Waals surface area contributed by atoms with Gasteiger partial charge >= 0.3 is 0 Å². The number of carbonyl (C=O) groups excluding carboxylic acids is 2. The van der Waals surface area contributed by atoms with Crippen molar-refractivity contribution in [3.05, 3.63) is 35.9 Å². The van der Waals surface area contributed by atoms with E-state index >= 15 is 0 Å². The first kappa shape index (κ1) is 16.9. The maximum Gasteiger partial charge on any atom is 0.240 e. The summed E-state index contributed by atoms with van der Waals surface area (Å²) in [6.45, 7) is 4.94. The van der Waals surface area contributed by atoms with Crippen LogP contribution in [-0.2, 0) is 20.7 Å². The van der Waals surface area contributed by atoms with Crippen molar-refractivity contribution in [2.75, 3.05) is 45.9 Å². The molecule has 3 rings (SSSR count). The lowest BCUT2D eigenvalue weighted by atomic mass is 10.1. The van der Waals surface area contributed by atoms with Crippen molar-refractivity contribution in [1.82, 2.24) is 15.1 Å². The zero-order chi connectivity index (χ0) is 16.8. The highest BCUT2D eigenvalue weighted by Gasteiger charge is 2.36. The lowest BCUT2D eigenvalue weighted by Gasteiger charge is -2.31. The Hall–Kier alpha value is -1.92. The molecule has 6 heteroatoms. The predicted molar refractivity (Wildman–Crippen MR) is 90.5 cm³/mol. The maximum atomic E-state index is 12.5. The third kappa shape index (κ3) is 4.33. The second-order valence-corrected chi connectivity index (χ2v) is 6.29. The molecule has 130 valence electrons. The molecule has 1 aromatic carbocycles. The molecule has 2 aliphatic rings. The molecule has 2 aliphatic heterocycles. The zero-order valence-corrected chi connectivity index (χ0v) is 13.9. The quantitative estimate of drug-likeness (QED) is 0.813. The Kier molecular flexibility index (Phi) is 5.82. The number of ether oxygens (including phenoxy) is 1. The number of nitrogens with zero attached hydrogens (tertiary/aromatic N) is 2. The van der Waals surface area contributed by atoms with Crippen LogP contribution >= 0.6 is 0 Å². The molecule has 2 amide bonds. The van der Waals surface area contributed by atoms with E-state index < -0.39 is 0 Å². The molecule has 1 aromatic rings. The number of morpholine rings is 1. The number of rotatable bonds is 6. The van der Waals surface area contributed by atoms with Gasteiger partial charge in [-0.1, -0.05) is 30.3 Å². The summed E-state index contributed by atoms with van der Waals surface area (Å²) >= 11 is 0. The van der Waals surface area contributed by atoms with Crippen LogP contribution in [0.25, 0.3) is 0 Å². The van der Waals surface area contributed by atoms with Crippen LogP contribution < -0.4 is 5.32 Å². The van der Waals surface area contributed by atoms with E-state index in [1.165, 1.54) is 0 Å². The Bertz CT molecular complexity index is 558. The van der Waals surface area contributed by atoms with E-state index in [2.05, 4.69) is 10.2 Å². The number of benzene rings is 1. The Morgan fingerprint density at radius 3 is 2.67 bits per heavy atom. The third-order valence-corrected chi connectivity index (χ3v) is 4.67. The highest BCUT2D eigenvalue weighted by molar-refractivity contribution is 5.84. The number of amides is 2. The van der Waals surface area contributed by atoms with E-state index in [9.17, 15) is 9.59 Å². The largest absolute Gasteiger partial charge is 0.379 e. The highest BCUT2D eigenvalue weighted by Crippen LogP contribution is 2.18. The normalized spacial score (nSPS) is 21.9. The smallest absolute Gasteiger partial charge is 0.240 e. The monoisotopic (exact) mass is 331 g/mol. The molecule has 2 heterocycles. The van der Waals surface area contributed by atoms with Gasteiger partial charge in [0.15, 0.2) is 0 Å². The fourth-order valence-electron chi connectivity index (χ4n) is 3.35. The lowest BCUT2D eigenvalue weighted by Crippen LogP contribution is -2.48. The summed E-state index contributed by atoms with van der Waals surface area (Å²) in [6, 6.07) is 9.67. The van der Waals surface area contributed by atoms with Gasteiger partial charge in [-0.05, 0) is 12.0 Å².